The third-order valence-electron chi connectivity index (χ3n) is 3.20. The summed E-state index contributed by atoms with van der Waals surface area (Å²) in [5.74, 6) is -0.322. The van der Waals surface area contributed by atoms with Gasteiger partial charge in [0, 0.05) is 19.3 Å². The minimum Gasteiger partial charge on any atom is -0.463 e. The molecule has 0 aliphatic heterocycles. The SMILES string of the molecule is C=CC(=O)OCCCCCCCCC[SiH](OCC)OCC. The monoisotopic (exact) mass is 316 g/mol. The predicted molar refractivity (Wildman–Crippen MR) is 88.7 cm³/mol. The zero-order valence-electron chi connectivity index (χ0n) is 13.8. The molecule has 5 heteroatoms. The van der Waals surface area contributed by atoms with Crippen molar-refractivity contribution in [3.05, 3.63) is 12.7 Å². The second kappa shape index (κ2) is 15.7. The molecular formula is C16H32O4Si. The highest BCUT2D eigenvalue weighted by molar-refractivity contribution is 6.44. The summed E-state index contributed by atoms with van der Waals surface area (Å²) >= 11 is 0. The number of unbranched alkanes of at least 4 members (excludes halogenated alkanes) is 6. The van der Waals surface area contributed by atoms with Crippen LogP contribution in [-0.4, -0.2) is 35.1 Å². The quantitative estimate of drug-likeness (QED) is 0.200. The molecule has 0 aromatic rings. The number of esters is 1. The van der Waals surface area contributed by atoms with Crippen molar-refractivity contribution >= 4 is 15.3 Å². The van der Waals surface area contributed by atoms with Gasteiger partial charge in [0.1, 0.15) is 0 Å². The Morgan fingerprint density at radius 3 is 2.00 bits per heavy atom. The van der Waals surface area contributed by atoms with Crippen molar-refractivity contribution in [1.29, 1.82) is 0 Å². The maximum absolute atomic E-state index is 10.8. The fourth-order valence-corrected chi connectivity index (χ4v) is 3.91. The van der Waals surface area contributed by atoms with Gasteiger partial charge in [0.25, 0.3) is 0 Å². The third-order valence-corrected chi connectivity index (χ3v) is 5.49. The first-order valence-electron chi connectivity index (χ1n) is 8.27. The van der Waals surface area contributed by atoms with E-state index < -0.39 is 9.28 Å². The van der Waals surface area contributed by atoms with Gasteiger partial charge in [0.2, 0.25) is 0 Å². The number of carbonyl (C=O) groups is 1. The number of hydrogen-bond donors (Lipinski definition) is 0. The molecule has 0 heterocycles. The van der Waals surface area contributed by atoms with Gasteiger partial charge in [-0.2, -0.15) is 0 Å². The van der Waals surface area contributed by atoms with E-state index in [0.29, 0.717) is 6.61 Å². The first-order valence-corrected chi connectivity index (χ1v) is 10.0. The fraction of sp³-hybridized carbons (Fsp3) is 0.812. The molecule has 0 saturated carbocycles. The summed E-state index contributed by atoms with van der Waals surface area (Å²) in [7, 11) is -1.38. The van der Waals surface area contributed by atoms with Crippen LogP contribution in [0.4, 0.5) is 0 Å². The molecule has 0 bridgehead atoms. The Kier molecular flexibility index (Phi) is 15.2. The Hall–Kier alpha value is -0.653. The average molecular weight is 317 g/mol. The standard InChI is InChI=1S/C16H32O4Si/c1-4-16(17)18-14-12-10-8-7-9-11-13-15-21(19-5-2)20-6-3/h4,21H,1,5-15H2,2-3H3. The van der Waals surface area contributed by atoms with Crippen molar-refractivity contribution in [3.8, 4) is 0 Å². The zero-order chi connectivity index (χ0) is 15.8. The van der Waals surface area contributed by atoms with Crippen molar-refractivity contribution in [3.63, 3.8) is 0 Å². The minimum atomic E-state index is -1.38. The second-order valence-corrected chi connectivity index (χ2v) is 7.08. The summed E-state index contributed by atoms with van der Waals surface area (Å²) in [6, 6.07) is 1.12. The minimum absolute atomic E-state index is 0.322. The molecule has 0 amide bonds. The van der Waals surface area contributed by atoms with Crippen molar-refractivity contribution in [2.45, 2.75) is 64.8 Å². The van der Waals surface area contributed by atoms with Gasteiger partial charge in [0.15, 0.2) is 0 Å². The number of carbonyl (C=O) groups excluding carboxylic acids is 1. The van der Waals surface area contributed by atoms with Crippen LogP contribution in [-0.2, 0) is 18.4 Å². The van der Waals surface area contributed by atoms with Gasteiger partial charge in [-0.1, -0.05) is 45.1 Å². The first-order chi connectivity index (χ1) is 10.2. The van der Waals surface area contributed by atoms with Crippen LogP contribution >= 0.6 is 0 Å². The van der Waals surface area contributed by atoms with E-state index in [1.807, 2.05) is 13.8 Å². The lowest BCUT2D eigenvalue weighted by Crippen LogP contribution is -2.22. The molecule has 0 spiro atoms. The van der Waals surface area contributed by atoms with E-state index in [2.05, 4.69) is 6.58 Å². The lowest BCUT2D eigenvalue weighted by Gasteiger charge is -2.14. The average Bonchev–Trinajstić information content (AvgIpc) is 2.49. The van der Waals surface area contributed by atoms with Crippen molar-refractivity contribution < 1.29 is 18.4 Å². The Bertz CT molecular complexity index is 253. The Morgan fingerprint density at radius 2 is 1.48 bits per heavy atom. The van der Waals surface area contributed by atoms with Crippen LogP contribution in [0, 0.1) is 0 Å². The highest BCUT2D eigenvalue weighted by Gasteiger charge is 2.10. The van der Waals surface area contributed by atoms with Crippen LogP contribution < -0.4 is 0 Å². The topological polar surface area (TPSA) is 44.8 Å². The molecule has 0 unspecified atom stereocenters. The van der Waals surface area contributed by atoms with Crippen LogP contribution in [0.1, 0.15) is 58.8 Å². The predicted octanol–water partition coefficient (Wildman–Crippen LogP) is 3.74. The molecule has 0 aromatic heterocycles. The maximum atomic E-state index is 10.8. The van der Waals surface area contributed by atoms with Crippen molar-refractivity contribution in [2.24, 2.45) is 0 Å². The molecule has 4 nitrogen and oxygen atoms in total. The summed E-state index contributed by atoms with van der Waals surface area (Å²) < 4.78 is 16.2. The molecule has 0 rings (SSSR count). The molecule has 0 radical (unpaired) electrons. The second-order valence-electron chi connectivity index (χ2n) is 4.98. The zero-order valence-corrected chi connectivity index (χ0v) is 14.9. The van der Waals surface area contributed by atoms with E-state index in [1.165, 1.54) is 38.2 Å². The lowest BCUT2D eigenvalue weighted by molar-refractivity contribution is -0.137. The molecule has 124 valence electrons. The van der Waals surface area contributed by atoms with Crippen LogP contribution in [0.2, 0.25) is 6.04 Å². The van der Waals surface area contributed by atoms with E-state index in [-0.39, 0.29) is 5.97 Å². The van der Waals surface area contributed by atoms with E-state index >= 15 is 0 Å². The van der Waals surface area contributed by atoms with E-state index in [4.69, 9.17) is 13.6 Å². The molecule has 0 aliphatic carbocycles. The summed E-state index contributed by atoms with van der Waals surface area (Å²) in [4.78, 5) is 10.8. The van der Waals surface area contributed by atoms with Gasteiger partial charge < -0.3 is 13.6 Å². The highest BCUT2D eigenvalue weighted by Crippen LogP contribution is 2.11. The highest BCUT2D eigenvalue weighted by atomic mass is 28.3. The van der Waals surface area contributed by atoms with Crippen LogP contribution in [0.5, 0.6) is 0 Å². The van der Waals surface area contributed by atoms with Gasteiger partial charge in [0.05, 0.1) is 6.61 Å². The summed E-state index contributed by atoms with van der Waals surface area (Å²) in [5.41, 5.74) is 0. The normalized spacial score (nSPS) is 10.8. The van der Waals surface area contributed by atoms with Gasteiger partial charge in [-0.3, -0.25) is 0 Å². The molecule has 0 atom stereocenters. The number of rotatable bonds is 15. The summed E-state index contributed by atoms with van der Waals surface area (Å²) in [5, 5.41) is 0. The smallest absolute Gasteiger partial charge is 0.330 e. The largest absolute Gasteiger partial charge is 0.463 e. The molecule has 0 aromatic carbocycles. The third kappa shape index (κ3) is 14.1. The van der Waals surface area contributed by atoms with Gasteiger partial charge >= 0.3 is 15.3 Å². The van der Waals surface area contributed by atoms with Crippen LogP contribution in [0.3, 0.4) is 0 Å². The van der Waals surface area contributed by atoms with Gasteiger partial charge in [-0.25, -0.2) is 4.79 Å². The van der Waals surface area contributed by atoms with Gasteiger partial charge in [-0.15, -0.1) is 0 Å². The molecule has 0 fully saturated rings. The number of ether oxygens (including phenoxy) is 1. The van der Waals surface area contributed by atoms with Crippen LogP contribution in [0.25, 0.3) is 0 Å². The number of hydrogen-bond acceptors (Lipinski definition) is 4. The first kappa shape index (κ1) is 20.3. The van der Waals surface area contributed by atoms with E-state index in [0.717, 1.165) is 32.1 Å². The van der Waals surface area contributed by atoms with Crippen LogP contribution in [0.15, 0.2) is 12.7 Å². The van der Waals surface area contributed by atoms with E-state index in [9.17, 15) is 4.79 Å². The molecule has 21 heavy (non-hydrogen) atoms. The molecule has 0 aliphatic rings. The van der Waals surface area contributed by atoms with Crippen molar-refractivity contribution in [1.82, 2.24) is 0 Å². The molecular weight excluding hydrogens is 284 g/mol. The maximum Gasteiger partial charge on any atom is 0.330 e. The molecule has 0 N–H and O–H groups in total. The van der Waals surface area contributed by atoms with E-state index in [1.54, 1.807) is 0 Å². The lowest BCUT2D eigenvalue weighted by atomic mass is 10.1. The van der Waals surface area contributed by atoms with Gasteiger partial charge in [-0.05, 0) is 26.3 Å². The van der Waals surface area contributed by atoms with Crippen molar-refractivity contribution in [2.75, 3.05) is 19.8 Å². The Morgan fingerprint density at radius 1 is 0.952 bits per heavy atom. The fourth-order valence-electron chi connectivity index (χ4n) is 2.12. The Labute approximate surface area is 131 Å². The summed E-state index contributed by atoms with van der Waals surface area (Å²) in [6.45, 7) is 9.49. The molecule has 0 saturated heterocycles. The summed E-state index contributed by atoms with van der Waals surface area (Å²) in [6.07, 6.45) is 9.49. The Balaban J connectivity index is 3.27.